The average Bonchev–Trinajstić information content (AvgIpc) is 3.17. The number of carbonyl (C=O) groups excluding carboxylic acids is 1. The Morgan fingerprint density at radius 2 is 1.90 bits per heavy atom. The summed E-state index contributed by atoms with van der Waals surface area (Å²) in [4.78, 5) is 22.5. The highest BCUT2D eigenvalue weighted by atomic mass is 32.2. The van der Waals surface area contributed by atoms with Crippen molar-refractivity contribution in [3.63, 3.8) is 0 Å². The minimum atomic E-state index is -3.75. The molecule has 3 aromatic rings. The van der Waals surface area contributed by atoms with Gasteiger partial charge in [-0.1, -0.05) is 21.8 Å². The van der Waals surface area contributed by atoms with Gasteiger partial charge in [0.15, 0.2) is 5.82 Å². The molecule has 30 heavy (non-hydrogen) atoms. The number of amides is 1. The van der Waals surface area contributed by atoms with Crippen LogP contribution in [0.3, 0.4) is 0 Å². The second-order valence-electron chi connectivity index (χ2n) is 6.09. The summed E-state index contributed by atoms with van der Waals surface area (Å²) in [6.07, 6.45) is 0. The molecule has 1 N–H and O–H groups in total. The molecule has 1 amide bonds. The fourth-order valence-electron chi connectivity index (χ4n) is 2.48. The molecule has 0 aliphatic rings. The summed E-state index contributed by atoms with van der Waals surface area (Å²) in [7, 11) is -1.18. The van der Waals surface area contributed by atoms with Crippen molar-refractivity contribution in [3.8, 4) is 0 Å². The van der Waals surface area contributed by atoms with Gasteiger partial charge in [0.05, 0.1) is 23.3 Å². The zero-order valence-electron chi connectivity index (χ0n) is 16.5. The lowest BCUT2D eigenvalue weighted by molar-refractivity contribution is -0.0258. The molecule has 9 nitrogen and oxygen atoms in total. The van der Waals surface area contributed by atoms with E-state index in [4.69, 9.17) is 9.36 Å². The second-order valence-corrected chi connectivity index (χ2v) is 9.04. The van der Waals surface area contributed by atoms with Crippen LogP contribution in [0.2, 0.25) is 0 Å². The Kier molecular flexibility index (Phi) is 6.87. The summed E-state index contributed by atoms with van der Waals surface area (Å²) in [5, 5.41) is 6.63. The van der Waals surface area contributed by atoms with E-state index in [-0.39, 0.29) is 10.8 Å². The van der Waals surface area contributed by atoms with Gasteiger partial charge in [0.2, 0.25) is 5.89 Å². The number of carbonyl (C=O) groups is 1. The molecule has 11 heteroatoms. The van der Waals surface area contributed by atoms with Crippen molar-refractivity contribution in [3.05, 3.63) is 65.8 Å². The van der Waals surface area contributed by atoms with Crippen molar-refractivity contribution in [2.45, 2.75) is 22.5 Å². The number of nitrogens with one attached hydrogen (secondary N) is 1. The maximum absolute atomic E-state index is 12.8. The van der Waals surface area contributed by atoms with E-state index >= 15 is 0 Å². The number of thioether (sulfide) groups is 1. The highest BCUT2D eigenvalue weighted by Gasteiger charge is 2.20. The van der Waals surface area contributed by atoms with Gasteiger partial charge in [-0.2, -0.15) is 4.98 Å². The van der Waals surface area contributed by atoms with Gasteiger partial charge in [0.1, 0.15) is 0 Å². The fraction of sp³-hybridized carbons (Fsp3) is 0.211. The molecule has 1 heterocycles. The lowest BCUT2D eigenvalue weighted by Gasteiger charge is -2.14. The van der Waals surface area contributed by atoms with Gasteiger partial charge in [0.25, 0.3) is 15.9 Å². The van der Waals surface area contributed by atoms with Gasteiger partial charge in [-0.05, 0) is 36.4 Å². The first-order chi connectivity index (χ1) is 14.3. The number of anilines is 1. The van der Waals surface area contributed by atoms with Gasteiger partial charge in [-0.15, -0.1) is 11.8 Å². The third-order valence-electron chi connectivity index (χ3n) is 4.06. The molecule has 0 aliphatic carbocycles. The molecule has 0 saturated heterocycles. The summed E-state index contributed by atoms with van der Waals surface area (Å²) in [6.45, 7) is 1.71. The van der Waals surface area contributed by atoms with Crippen molar-refractivity contribution in [1.29, 1.82) is 0 Å². The Morgan fingerprint density at radius 3 is 2.53 bits per heavy atom. The summed E-state index contributed by atoms with van der Waals surface area (Å²) >= 11 is 1.42. The van der Waals surface area contributed by atoms with Gasteiger partial charge >= 0.3 is 0 Å². The number of aromatic nitrogens is 2. The maximum Gasteiger partial charge on any atom is 0.264 e. The van der Waals surface area contributed by atoms with E-state index in [1.54, 1.807) is 19.1 Å². The molecule has 158 valence electrons. The van der Waals surface area contributed by atoms with Crippen LogP contribution in [0.25, 0.3) is 0 Å². The topological polar surface area (TPSA) is 115 Å². The van der Waals surface area contributed by atoms with E-state index < -0.39 is 10.0 Å². The minimum absolute atomic E-state index is 0.0520. The Bertz CT molecular complexity index is 1130. The molecule has 2 aromatic carbocycles. The van der Waals surface area contributed by atoms with Crippen LogP contribution in [0.5, 0.6) is 0 Å². The van der Waals surface area contributed by atoms with Crippen molar-refractivity contribution in [2.75, 3.05) is 19.5 Å². The Balaban J connectivity index is 1.72. The molecule has 0 radical (unpaired) electrons. The van der Waals surface area contributed by atoms with E-state index in [0.29, 0.717) is 28.7 Å². The number of rotatable bonds is 8. The Labute approximate surface area is 178 Å². The number of benzene rings is 2. The fourth-order valence-corrected chi connectivity index (χ4v) is 4.34. The molecular formula is C19H20N4O5S2. The molecule has 0 fully saturated rings. The van der Waals surface area contributed by atoms with E-state index in [9.17, 15) is 13.2 Å². The summed E-state index contributed by atoms with van der Waals surface area (Å²) in [5.41, 5.74) is 0.950. The zero-order chi connectivity index (χ0) is 21.7. The minimum Gasteiger partial charge on any atom is -0.340 e. The third kappa shape index (κ3) is 5.05. The van der Waals surface area contributed by atoms with Crippen LogP contribution in [0.1, 0.15) is 22.1 Å². The van der Waals surface area contributed by atoms with Crippen LogP contribution in [0.4, 0.5) is 5.69 Å². The number of sulfonamides is 1. The summed E-state index contributed by atoms with van der Waals surface area (Å²) in [6, 6.07) is 13.0. The molecule has 0 atom stereocenters. The van der Waals surface area contributed by atoms with Crippen molar-refractivity contribution in [2.24, 2.45) is 0 Å². The van der Waals surface area contributed by atoms with E-state index in [1.807, 2.05) is 12.1 Å². The molecule has 0 unspecified atom stereocenters. The first-order valence-corrected chi connectivity index (χ1v) is 11.2. The maximum atomic E-state index is 12.8. The molecule has 0 aliphatic heterocycles. The van der Waals surface area contributed by atoms with Crippen LogP contribution in [0, 0.1) is 6.92 Å². The van der Waals surface area contributed by atoms with Crippen molar-refractivity contribution < 1.29 is 22.6 Å². The first-order valence-electron chi connectivity index (χ1n) is 8.76. The van der Waals surface area contributed by atoms with Crippen LogP contribution in [-0.4, -0.2) is 43.1 Å². The quantitative estimate of drug-likeness (QED) is 0.413. The van der Waals surface area contributed by atoms with Crippen molar-refractivity contribution in [1.82, 2.24) is 14.6 Å². The predicted octanol–water partition coefficient (Wildman–Crippen LogP) is 3.10. The number of hydrogen-bond acceptors (Lipinski definition) is 8. The monoisotopic (exact) mass is 448 g/mol. The van der Waals surface area contributed by atoms with Crippen LogP contribution >= 0.6 is 11.8 Å². The number of hydroxylamine groups is 1. The summed E-state index contributed by atoms with van der Waals surface area (Å²) < 4.78 is 30.2. The Morgan fingerprint density at radius 1 is 1.20 bits per heavy atom. The number of hydrogen-bond donors (Lipinski definition) is 1. The second kappa shape index (κ2) is 9.39. The molecule has 0 bridgehead atoms. The standard InChI is InChI=1S/C19H20N4O5S2/c1-13-20-18(22-28-13)12-29-17-7-5-4-6-16(17)19(24)21-14-8-10-15(11-9-14)30(25,26)23(2)27-3/h4-11H,12H2,1-3H3,(H,21,24). The third-order valence-corrected chi connectivity index (χ3v) is 6.83. The zero-order valence-corrected chi connectivity index (χ0v) is 18.2. The van der Waals surface area contributed by atoms with E-state index in [0.717, 1.165) is 9.36 Å². The predicted molar refractivity (Wildman–Crippen MR) is 111 cm³/mol. The largest absolute Gasteiger partial charge is 0.340 e. The normalized spacial score (nSPS) is 11.6. The molecule has 3 rings (SSSR count). The lowest BCUT2D eigenvalue weighted by atomic mass is 10.2. The first kappa shape index (κ1) is 22.0. The average molecular weight is 449 g/mol. The molecule has 0 spiro atoms. The van der Waals surface area contributed by atoms with Gasteiger partial charge in [-0.25, -0.2) is 8.42 Å². The van der Waals surface area contributed by atoms with Crippen LogP contribution < -0.4 is 5.32 Å². The van der Waals surface area contributed by atoms with Crippen molar-refractivity contribution >= 4 is 33.4 Å². The Hall–Kier alpha value is -2.73. The SMILES string of the molecule is CON(C)S(=O)(=O)c1ccc(NC(=O)c2ccccc2SCc2noc(C)n2)cc1. The van der Waals surface area contributed by atoms with E-state index in [2.05, 4.69) is 15.5 Å². The number of aryl methyl sites for hydroxylation is 1. The lowest BCUT2D eigenvalue weighted by Crippen LogP contribution is -2.25. The van der Waals surface area contributed by atoms with Crippen LogP contribution in [0.15, 0.2) is 62.8 Å². The van der Waals surface area contributed by atoms with Gasteiger partial charge < -0.3 is 9.84 Å². The van der Waals surface area contributed by atoms with E-state index in [1.165, 1.54) is 50.2 Å². The van der Waals surface area contributed by atoms with Crippen LogP contribution in [-0.2, 0) is 20.6 Å². The highest BCUT2D eigenvalue weighted by Crippen LogP contribution is 2.26. The molecule has 1 aromatic heterocycles. The number of nitrogens with zero attached hydrogens (tertiary/aromatic N) is 3. The summed E-state index contributed by atoms with van der Waals surface area (Å²) in [5.74, 6) is 1.18. The highest BCUT2D eigenvalue weighted by molar-refractivity contribution is 7.98. The molecular weight excluding hydrogens is 428 g/mol. The smallest absolute Gasteiger partial charge is 0.264 e. The van der Waals surface area contributed by atoms with Gasteiger partial charge in [-0.3, -0.25) is 9.63 Å². The molecule has 0 saturated carbocycles. The van der Waals surface area contributed by atoms with Gasteiger partial charge in [0, 0.05) is 24.6 Å².